The van der Waals surface area contributed by atoms with Gasteiger partial charge in [-0.2, -0.15) is 0 Å². The fraction of sp³-hybridized carbons (Fsp3) is 0.667. The van der Waals surface area contributed by atoms with E-state index in [1.54, 1.807) is 6.92 Å². The van der Waals surface area contributed by atoms with Crippen LogP contribution >= 0.6 is 23.1 Å². The van der Waals surface area contributed by atoms with Crippen molar-refractivity contribution in [1.82, 2.24) is 10.3 Å². The summed E-state index contributed by atoms with van der Waals surface area (Å²) in [4.78, 5) is 27.9. The van der Waals surface area contributed by atoms with E-state index in [-0.39, 0.29) is 23.5 Å². The van der Waals surface area contributed by atoms with Gasteiger partial charge in [-0.05, 0) is 26.7 Å². The summed E-state index contributed by atoms with van der Waals surface area (Å²) < 4.78 is 5.72. The number of thioether (sulfide) groups is 1. The number of thiazole rings is 1. The van der Waals surface area contributed by atoms with Crippen LogP contribution in [0.2, 0.25) is 0 Å². The first-order valence-electron chi connectivity index (χ1n) is 7.65. The van der Waals surface area contributed by atoms with Crippen molar-refractivity contribution in [2.24, 2.45) is 0 Å². The van der Waals surface area contributed by atoms with Gasteiger partial charge in [-0.25, -0.2) is 4.98 Å². The average Bonchev–Trinajstić information content (AvgIpc) is 3.11. The van der Waals surface area contributed by atoms with Gasteiger partial charge >= 0.3 is 5.97 Å². The zero-order valence-corrected chi connectivity index (χ0v) is 14.6. The maximum atomic E-state index is 12.1. The smallest absolute Gasteiger partial charge is 0.311 e. The van der Waals surface area contributed by atoms with E-state index in [1.165, 1.54) is 35.9 Å². The van der Waals surface area contributed by atoms with Crippen LogP contribution in [0.1, 0.15) is 45.2 Å². The molecule has 0 radical (unpaired) electrons. The molecule has 1 amide bonds. The molecule has 1 atom stereocenters. The molecule has 1 aliphatic carbocycles. The van der Waals surface area contributed by atoms with Gasteiger partial charge in [0.15, 0.2) is 4.34 Å². The van der Waals surface area contributed by atoms with Crippen molar-refractivity contribution < 1.29 is 14.3 Å². The van der Waals surface area contributed by atoms with E-state index in [0.717, 1.165) is 17.2 Å². The minimum Gasteiger partial charge on any atom is -0.466 e. The maximum absolute atomic E-state index is 12.1. The molecule has 1 N–H and O–H groups in total. The van der Waals surface area contributed by atoms with Gasteiger partial charge in [0.25, 0.3) is 0 Å². The maximum Gasteiger partial charge on any atom is 0.311 e. The monoisotopic (exact) mass is 342 g/mol. The summed E-state index contributed by atoms with van der Waals surface area (Å²) in [6, 6.07) is 0.339. The SMILES string of the molecule is CCOC(=O)Cc1csc(S[C@@H](C)C(=O)NC2CCCC2)n1. The lowest BCUT2D eigenvalue weighted by atomic mass is 10.2. The number of hydrogen-bond acceptors (Lipinski definition) is 6. The van der Waals surface area contributed by atoms with Crippen molar-refractivity contribution in [1.29, 1.82) is 0 Å². The standard InChI is InChI=1S/C15H22N2O3S2/c1-3-20-13(18)8-12-9-21-15(17-12)22-10(2)14(19)16-11-6-4-5-7-11/h9-11H,3-8H2,1-2H3,(H,16,19)/t10-/m0/s1. The molecular weight excluding hydrogens is 320 g/mol. The number of hydrogen-bond donors (Lipinski definition) is 1. The highest BCUT2D eigenvalue weighted by Crippen LogP contribution is 2.27. The second-order valence-electron chi connectivity index (χ2n) is 5.34. The molecule has 122 valence electrons. The van der Waals surface area contributed by atoms with Crippen molar-refractivity contribution in [3.8, 4) is 0 Å². The molecule has 7 heteroatoms. The van der Waals surface area contributed by atoms with Crippen molar-refractivity contribution in [3.05, 3.63) is 11.1 Å². The quantitative estimate of drug-likeness (QED) is 0.609. The van der Waals surface area contributed by atoms with Crippen LogP contribution in [-0.2, 0) is 20.7 Å². The Morgan fingerprint density at radius 2 is 2.23 bits per heavy atom. The number of ether oxygens (including phenoxy) is 1. The average molecular weight is 342 g/mol. The molecule has 1 fully saturated rings. The molecule has 0 spiro atoms. The van der Waals surface area contributed by atoms with E-state index in [2.05, 4.69) is 10.3 Å². The number of rotatable bonds is 7. The fourth-order valence-corrected chi connectivity index (χ4v) is 4.37. The van der Waals surface area contributed by atoms with E-state index < -0.39 is 0 Å². The Morgan fingerprint density at radius 1 is 1.50 bits per heavy atom. The van der Waals surface area contributed by atoms with Gasteiger partial charge in [0.1, 0.15) is 0 Å². The Balaban J connectivity index is 1.80. The molecule has 1 aromatic heterocycles. The van der Waals surface area contributed by atoms with Crippen LogP contribution in [0, 0.1) is 0 Å². The summed E-state index contributed by atoms with van der Waals surface area (Å²) in [6.07, 6.45) is 4.77. The largest absolute Gasteiger partial charge is 0.466 e. The molecule has 5 nitrogen and oxygen atoms in total. The third-order valence-corrected chi connectivity index (χ3v) is 5.63. The van der Waals surface area contributed by atoms with Crippen LogP contribution in [0.4, 0.5) is 0 Å². The lowest BCUT2D eigenvalue weighted by Gasteiger charge is -2.15. The highest BCUT2D eigenvalue weighted by Gasteiger charge is 2.22. The zero-order chi connectivity index (χ0) is 15.9. The molecule has 0 bridgehead atoms. The van der Waals surface area contributed by atoms with Crippen LogP contribution in [-0.4, -0.2) is 34.8 Å². The predicted octanol–water partition coefficient (Wildman–Crippen LogP) is 2.79. The number of carbonyl (C=O) groups is 2. The first kappa shape index (κ1) is 17.3. The summed E-state index contributed by atoms with van der Waals surface area (Å²) in [6.45, 7) is 4.05. The molecule has 0 aliphatic heterocycles. The third-order valence-electron chi connectivity index (χ3n) is 3.51. The number of carbonyl (C=O) groups excluding carboxylic acids is 2. The summed E-state index contributed by atoms with van der Waals surface area (Å²) in [7, 11) is 0. The van der Waals surface area contributed by atoms with Gasteiger partial charge < -0.3 is 10.1 Å². The van der Waals surface area contributed by atoms with E-state index in [4.69, 9.17) is 4.74 Å². The lowest BCUT2D eigenvalue weighted by Crippen LogP contribution is -2.37. The molecule has 22 heavy (non-hydrogen) atoms. The Bertz CT molecular complexity index is 513. The Hall–Kier alpha value is -1.08. The van der Waals surface area contributed by atoms with Crippen molar-refractivity contribution >= 4 is 35.0 Å². The Labute approximate surface area is 139 Å². The number of aromatic nitrogens is 1. The first-order chi connectivity index (χ1) is 10.6. The normalized spacial score (nSPS) is 16.5. The fourth-order valence-electron chi connectivity index (χ4n) is 2.38. The second-order valence-corrected chi connectivity index (χ2v) is 7.78. The highest BCUT2D eigenvalue weighted by atomic mass is 32.2. The van der Waals surface area contributed by atoms with E-state index in [0.29, 0.717) is 18.3 Å². The van der Waals surface area contributed by atoms with Gasteiger partial charge in [0.05, 0.1) is 24.0 Å². The molecule has 0 saturated heterocycles. The number of amides is 1. The van der Waals surface area contributed by atoms with Crippen LogP contribution in [0.3, 0.4) is 0 Å². The Morgan fingerprint density at radius 3 is 2.91 bits per heavy atom. The molecular formula is C15H22N2O3S2. The molecule has 1 aliphatic rings. The molecule has 1 heterocycles. The lowest BCUT2D eigenvalue weighted by molar-refractivity contribution is -0.142. The molecule has 0 unspecified atom stereocenters. The third kappa shape index (κ3) is 5.28. The molecule has 0 aromatic carbocycles. The van der Waals surface area contributed by atoms with Gasteiger partial charge in [-0.1, -0.05) is 24.6 Å². The van der Waals surface area contributed by atoms with E-state index in [1.807, 2.05) is 12.3 Å². The summed E-state index contributed by atoms with van der Waals surface area (Å²) in [5, 5.41) is 4.77. The predicted molar refractivity (Wildman–Crippen MR) is 88.2 cm³/mol. The minimum atomic E-state index is -0.267. The van der Waals surface area contributed by atoms with Gasteiger partial charge in [0, 0.05) is 11.4 Å². The highest BCUT2D eigenvalue weighted by molar-refractivity contribution is 8.02. The van der Waals surface area contributed by atoms with Crippen LogP contribution in [0.5, 0.6) is 0 Å². The van der Waals surface area contributed by atoms with Crippen molar-refractivity contribution in [3.63, 3.8) is 0 Å². The van der Waals surface area contributed by atoms with Gasteiger partial charge in [-0.3, -0.25) is 9.59 Å². The minimum absolute atomic E-state index is 0.0686. The zero-order valence-electron chi connectivity index (χ0n) is 13.0. The van der Waals surface area contributed by atoms with Crippen LogP contribution < -0.4 is 5.32 Å². The van der Waals surface area contributed by atoms with E-state index in [9.17, 15) is 9.59 Å². The number of esters is 1. The van der Waals surface area contributed by atoms with E-state index >= 15 is 0 Å². The summed E-state index contributed by atoms with van der Waals surface area (Å²) in [5.41, 5.74) is 0.703. The summed E-state index contributed by atoms with van der Waals surface area (Å²) >= 11 is 2.90. The van der Waals surface area contributed by atoms with Gasteiger partial charge in [0.2, 0.25) is 5.91 Å². The number of nitrogens with zero attached hydrogens (tertiary/aromatic N) is 1. The van der Waals surface area contributed by atoms with Crippen molar-refractivity contribution in [2.75, 3.05) is 6.61 Å². The second kappa shape index (κ2) is 8.53. The number of nitrogens with one attached hydrogen (secondary N) is 1. The van der Waals surface area contributed by atoms with Crippen LogP contribution in [0.15, 0.2) is 9.72 Å². The first-order valence-corrected chi connectivity index (χ1v) is 9.41. The summed E-state index contributed by atoms with van der Waals surface area (Å²) in [5.74, 6) is -0.199. The molecule has 1 saturated carbocycles. The molecule has 2 rings (SSSR count). The van der Waals surface area contributed by atoms with Crippen molar-refractivity contribution in [2.45, 2.75) is 61.6 Å². The van der Waals surface area contributed by atoms with Crippen LogP contribution in [0.25, 0.3) is 0 Å². The molecule has 1 aromatic rings. The Kier molecular flexibility index (Phi) is 6.70. The van der Waals surface area contributed by atoms with Gasteiger partial charge in [-0.15, -0.1) is 11.3 Å². The topological polar surface area (TPSA) is 68.3 Å².